The molecule has 3 aromatic rings. The zero-order valence-electron chi connectivity index (χ0n) is 13.8. The zero-order chi connectivity index (χ0) is 16.8. The lowest BCUT2D eigenvalue weighted by Gasteiger charge is -2.11. The second-order valence-corrected chi connectivity index (χ2v) is 5.98. The van der Waals surface area contributed by atoms with Gasteiger partial charge in [-0.3, -0.25) is 0 Å². The van der Waals surface area contributed by atoms with Crippen molar-refractivity contribution >= 4 is 27.5 Å². The number of benzene rings is 3. The van der Waals surface area contributed by atoms with E-state index in [-0.39, 0.29) is 5.97 Å². The first-order chi connectivity index (χ1) is 11.8. The molecule has 122 valence electrons. The first-order valence-electron chi connectivity index (χ1n) is 8.48. The van der Waals surface area contributed by atoms with Crippen LogP contribution in [-0.2, 0) is 16.0 Å². The summed E-state index contributed by atoms with van der Waals surface area (Å²) in [5.41, 5.74) is 1.42. The van der Waals surface area contributed by atoms with Gasteiger partial charge in [0.05, 0.1) is 6.61 Å². The molecule has 0 unspecified atom stereocenters. The molecule has 3 aromatic carbocycles. The molecule has 0 atom stereocenters. The summed E-state index contributed by atoms with van der Waals surface area (Å²) in [6.07, 6.45) is 5.27. The summed E-state index contributed by atoms with van der Waals surface area (Å²) in [5, 5.41) is 5.28. The van der Waals surface area contributed by atoms with E-state index in [1.165, 1.54) is 33.2 Å². The van der Waals surface area contributed by atoms with Crippen molar-refractivity contribution < 1.29 is 9.53 Å². The monoisotopic (exact) mass is 318 g/mol. The van der Waals surface area contributed by atoms with E-state index >= 15 is 0 Å². The Morgan fingerprint density at radius 3 is 2.17 bits per heavy atom. The van der Waals surface area contributed by atoms with Crippen molar-refractivity contribution in [1.29, 1.82) is 0 Å². The molecule has 0 N–H and O–H groups in total. The maximum absolute atomic E-state index is 11.0. The molecule has 2 nitrogen and oxygen atoms in total. The molecule has 0 saturated heterocycles. The van der Waals surface area contributed by atoms with Crippen LogP contribution in [0.5, 0.6) is 0 Å². The van der Waals surface area contributed by atoms with Gasteiger partial charge in [0.1, 0.15) is 0 Å². The fourth-order valence-corrected chi connectivity index (χ4v) is 3.19. The number of aryl methyl sites for hydroxylation is 1. The Hall–Kier alpha value is -2.61. The first-order valence-corrected chi connectivity index (χ1v) is 8.48. The van der Waals surface area contributed by atoms with E-state index in [0.717, 1.165) is 25.7 Å². The molecule has 0 radical (unpaired) electrons. The average molecular weight is 318 g/mol. The minimum absolute atomic E-state index is 0.338. The molecular weight excluding hydrogens is 296 g/mol. The number of hydrogen-bond acceptors (Lipinski definition) is 2. The normalized spacial score (nSPS) is 10.8. The molecule has 0 heterocycles. The Balaban J connectivity index is 1.73. The summed E-state index contributed by atoms with van der Waals surface area (Å²) in [6, 6.07) is 19.4. The SMILES string of the molecule is C=CC(=O)OCCCCCc1c2ccccc2cc2ccccc12. The third-order valence-electron chi connectivity index (χ3n) is 4.36. The fraction of sp³-hybridized carbons (Fsp3) is 0.227. The van der Waals surface area contributed by atoms with E-state index in [1.807, 2.05) is 0 Å². The lowest BCUT2D eigenvalue weighted by Crippen LogP contribution is -2.01. The minimum atomic E-state index is -0.338. The Morgan fingerprint density at radius 2 is 1.54 bits per heavy atom. The molecule has 0 bridgehead atoms. The van der Waals surface area contributed by atoms with Gasteiger partial charge in [0, 0.05) is 6.08 Å². The number of carbonyl (C=O) groups excluding carboxylic acids is 1. The molecule has 2 heteroatoms. The van der Waals surface area contributed by atoms with Crippen LogP contribution >= 0.6 is 0 Å². The Morgan fingerprint density at radius 1 is 0.917 bits per heavy atom. The van der Waals surface area contributed by atoms with Crippen LogP contribution in [0.1, 0.15) is 24.8 Å². The maximum atomic E-state index is 11.0. The van der Waals surface area contributed by atoms with Gasteiger partial charge in [0.2, 0.25) is 0 Å². The summed E-state index contributed by atoms with van der Waals surface area (Å²) >= 11 is 0. The number of unbranched alkanes of at least 4 members (excludes halogenated alkanes) is 2. The summed E-state index contributed by atoms with van der Waals surface area (Å²) in [5.74, 6) is -0.338. The highest BCUT2D eigenvalue weighted by Gasteiger charge is 2.07. The van der Waals surface area contributed by atoms with E-state index in [0.29, 0.717) is 6.61 Å². The van der Waals surface area contributed by atoms with Crippen LogP contribution in [0.2, 0.25) is 0 Å². The van der Waals surface area contributed by atoms with Crippen molar-refractivity contribution in [3.05, 3.63) is 72.8 Å². The van der Waals surface area contributed by atoms with Gasteiger partial charge in [-0.1, -0.05) is 55.1 Å². The van der Waals surface area contributed by atoms with E-state index in [4.69, 9.17) is 4.74 Å². The summed E-state index contributed by atoms with van der Waals surface area (Å²) < 4.78 is 5.03. The first kappa shape index (κ1) is 16.3. The standard InChI is InChI=1S/C22H22O2/c1-2-22(23)24-15-9-3-4-14-21-19-12-7-5-10-17(19)16-18-11-6-8-13-20(18)21/h2,5-8,10-13,16H,1,3-4,9,14-15H2. The summed E-state index contributed by atoms with van der Waals surface area (Å²) in [7, 11) is 0. The van der Waals surface area contributed by atoms with E-state index in [1.54, 1.807) is 0 Å². The molecule has 0 aliphatic heterocycles. The van der Waals surface area contributed by atoms with Crippen molar-refractivity contribution in [3.8, 4) is 0 Å². The number of ether oxygens (including phenoxy) is 1. The van der Waals surface area contributed by atoms with Gasteiger partial charge in [-0.05, 0) is 58.9 Å². The van der Waals surface area contributed by atoms with Gasteiger partial charge in [-0.2, -0.15) is 0 Å². The van der Waals surface area contributed by atoms with Crippen LogP contribution in [0.4, 0.5) is 0 Å². The van der Waals surface area contributed by atoms with Crippen LogP contribution in [0.25, 0.3) is 21.5 Å². The maximum Gasteiger partial charge on any atom is 0.330 e. The fourth-order valence-electron chi connectivity index (χ4n) is 3.19. The molecular formula is C22H22O2. The molecule has 3 rings (SSSR count). The number of rotatable bonds is 7. The molecule has 0 amide bonds. The van der Waals surface area contributed by atoms with Crippen LogP contribution in [0, 0.1) is 0 Å². The smallest absolute Gasteiger partial charge is 0.330 e. The number of fused-ring (bicyclic) bond motifs is 2. The summed E-state index contributed by atoms with van der Waals surface area (Å²) in [4.78, 5) is 11.0. The quantitative estimate of drug-likeness (QED) is 0.251. The molecule has 0 aliphatic rings. The third-order valence-corrected chi connectivity index (χ3v) is 4.36. The highest BCUT2D eigenvalue weighted by atomic mass is 16.5. The average Bonchev–Trinajstić information content (AvgIpc) is 2.63. The van der Waals surface area contributed by atoms with Crippen LogP contribution in [0.15, 0.2) is 67.3 Å². The topological polar surface area (TPSA) is 26.3 Å². The zero-order valence-corrected chi connectivity index (χ0v) is 13.8. The van der Waals surface area contributed by atoms with Gasteiger partial charge in [-0.25, -0.2) is 4.79 Å². The third kappa shape index (κ3) is 3.65. The molecule has 0 fully saturated rings. The van der Waals surface area contributed by atoms with Crippen molar-refractivity contribution in [2.45, 2.75) is 25.7 Å². The van der Waals surface area contributed by atoms with Gasteiger partial charge in [0.15, 0.2) is 0 Å². The Bertz CT molecular complexity index is 810. The van der Waals surface area contributed by atoms with E-state index in [2.05, 4.69) is 61.2 Å². The molecule has 0 aliphatic carbocycles. The van der Waals surface area contributed by atoms with E-state index in [9.17, 15) is 4.79 Å². The van der Waals surface area contributed by atoms with Crippen molar-refractivity contribution in [2.24, 2.45) is 0 Å². The number of carbonyl (C=O) groups is 1. The lowest BCUT2D eigenvalue weighted by atomic mass is 9.93. The van der Waals surface area contributed by atoms with Crippen molar-refractivity contribution in [1.82, 2.24) is 0 Å². The molecule has 0 aromatic heterocycles. The predicted molar refractivity (Wildman–Crippen MR) is 100 cm³/mol. The van der Waals surface area contributed by atoms with Gasteiger partial charge < -0.3 is 4.74 Å². The summed E-state index contributed by atoms with van der Waals surface area (Å²) in [6.45, 7) is 3.87. The predicted octanol–water partition coefficient (Wildman–Crippen LogP) is 5.44. The Kier molecular flexibility index (Phi) is 5.27. The molecule has 0 spiro atoms. The highest BCUT2D eigenvalue weighted by Crippen LogP contribution is 2.29. The largest absolute Gasteiger partial charge is 0.463 e. The van der Waals surface area contributed by atoms with E-state index < -0.39 is 0 Å². The lowest BCUT2D eigenvalue weighted by molar-refractivity contribution is -0.137. The van der Waals surface area contributed by atoms with Gasteiger partial charge in [0.25, 0.3) is 0 Å². The number of hydrogen-bond donors (Lipinski definition) is 0. The molecule has 24 heavy (non-hydrogen) atoms. The van der Waals surface area contributed by atoms with Crippen LogP contribution in [-0.4, -0.2) is 12.6 Å². The van der Waals surface area contributed by atoms with Crippen LogP contribution < -0.4 is 0 Å². The molecule has 0 saturated carbocycles. The minimum Gasteiger partial charge on any atom is -0.463 e. The number of esters is 1. The second-order valence-electron chi connectivity index (χ2n) is 5.98. The van der Waals surface area contributed by atoms with Crippen molar-refractivity contribution in [3.63, 3.8) is 0 Å². The second kappa shape index (κ2) is 7.78. The van der Waals surface area contributed by atoms with Crippen LogP contribution in [0.3, 0.4) is 0 Å². The highest BCUT2D eigenvalue weighted by molar-refractivity contribution is 6.02. The van der Waals surface area contributed by atoms with Gasteiger partial charge in [-0.15, -0.1) is 0 Å². The Labute approximate surface area is 142 Å². The van der Waals surface area contributed by atoms with Gasteiger partial charge >= 0.3 is 5.97 Å². The van der Waals surface area contributed by atoms with Crippen molar-refractivity contribution in [2.75, 3.05) is 6.61 Å².